The summed E-state index contributed by atoms with van der Waals surface area (Å²) in [5.74, 6) is 2.50. The highest BCUT2D eigenvalue weighted by Gasteiger charge is 2.35. The molecule has 1 aliphatic heterocycles. The fraction of sp³-hybridized carbons (Fsp3) is 0.632. The molecule has 7 nitrogen and oxygen atoms in total. The van der Waals surface area contributed by atoms with Crippen LogP contribution in [0.1, 0.15) is 44.0 Å². The quantitative estimate of drug-likeness (QED) is 0.841. The number of nitrogens with zero attached hydrogens (tertiary/aromatic N) is 6. The number of carbonyl (C=O) groups excluding carboxylic acids is 1. The highest BCUT2D eigenvalue weighted by atomic mass is 16.2. The minimum Gasteiger partial charge on any atom is -0.342 e. The molecular weight excluding hydrogens is 328 g/mol. The average molecular weight is 354 g/mol. The zero-order valence-electron chi connectivity index (χ0n) is 15.5. The molecule has 0 atom stereocenters. The molecule has 1 amide bonds. The first-order valence-corrected chi connectivity index (χ1v) is 9.58. The number of amides is 1. The van der Waals surface area contributed by atoms with E-state index in [0.29, 0.717) is 17.8 Å². The number of rotatable bonds is 4. The predicted octanol–water partition coefficient (Wildman–Crippen LogP) is 2.19. The third-order valence-electron chi connectivity index (χ3n) is 5.67. The van der Waals surface area contributed by atoms with Gasteiger partial charge < -0.3 is 4.90 Å². The van der Waals surface area contributed by atoms with Crippen LogP contribution in [-0.2, 0) is 11.2 Å². The van der Waals surface area contributed by atoms with Crippen molar-refractivity contribution in [2.24, 2.45) is 17.8 Å². The summed E-state index contributed by atoms with van der Waals surface area (Å²) in [5.41, 5.74) is 1.87. The Morgan fingerprint density at radius 1 is 1.27 bits per heavy atom. The maximum absolute atomic E-state index is 12.5. The zero-order valence-corrected chi connectivity index (χ0v) is 15.5. The number of likely N-dealkylation sites (tertiary alicyclic amines) is 1. The van der Waals surface area contributed by atoms with Gasteiger partial charge in [-0.25, -0.2) is 9.97 Å². The molecule has 2 fully saturated rings. The fourth-order valence-electron chi connectivity index (χ4n) is 4.05. The smallest absolute Gasteiger partial charge is 0.252 e. The van der Waals surface area contributed by atoms with E-state index in [9.17, 15) is 4.79 Å². The number of hydrogen-bond donors (Lipinski definition) is 0. The second-order valence-corrected chi connectivity index (χ2v) is 7.90. The number of hydrogen-bond acceptors (Lipinski definition) is 5. The van der Waals surface area contributed by atoms with Crippen LogP contribution in [0.25, 0.3) is 5.95 Å². The summed E-state index contributed by atoms with van der Waals surface area (Å²) < 4.78 is 1.64. The van der Waals surface area contributed by atoms with E-state index in [0.717, 1.165) is 62.5 Å². The Kier molecular flexibility index (Phi) is 4.70. The Morgan fingerprint density at radius 2 is 2.04 bits per heavy atom. The Balaban J connectivity index is 1.30. The molecule has 0 aromatic carbocycles. The number of piperidine rings is 1. The van der Waals surface area contributed by atoms with Crippen LogP contribution in [0.5, 0.6) is 0 Å². The van der Waals surface area contributed by atoms with Gasteiger partial charge in [-0.15, -0.1) is 5.10 Å². The van der Waals surface area contributed by atoms with Crippen molar-refractivity contribution in [3.63, 3.8) is 0 Å². The van der Waals surface area contributed by atoms with Gasteiger partial charge >= 0.3 is 0 Å². The summed E-state index contributed by atoms with van der Waals surface area (Å²) in [6.07, 6.45) is 8.78. The first kappa shape index (κ1) is 17.1. The van der Waals surface area contributed by atoms with E-state index < -0.39 is 0 Å². The summed E-state index contributed by atoms with van der Waals surface area (Å²) in [7, 11) is 0. The van der Waals surface area contributed by atoms with Gasteiger partial charge in [0.05, 0.1) is 11.9 Å². The monoisotopic (exact) mass is 354 g/mol. The van der Waals surface area contributed by atoms with E-state index in [1.165, 1.54) is 0 Å². The van der Waals surface area contributed by atoms with Crippen LogP contribution in [0.4, 0.5) is 0 Å². The number of aromatic nitrogens is 5. The Bertz CT molecular complexity index is 774. The van der Waals surface area contributed by atoms with Gasteiger partial charge in [-0.3, -0.25) is 4.79 Å². The maximum atomic E-state index is 12.5. The molecule has 2 aliphatic rings. The maximum Gasteiger partial charge on any atom is 0.252 e. The molecule has 1 saturated carbocycles. The third kappa shape index (κ3) is 3.61. The van der Waals surface area contributed by atoms with E-state index in [2.05, 4.69) is 32.1 Å². The second kappa shape index (κ2) is 7.13. The van der Waals surface area contributed by atoms with Gasteiger partial charge in [0, 0.05) is 30.9 Å². The molecule has 138 valence electrons. The molecule has 3 heterocycles. The molecule has 0 spiro atoms. The first-order chi connectivity index (χ1) is 12.6. The highest BCUT2D eigenvalue weighted by molar-refractivity contribution is 5.79. The van der Waals surface area contributed by atoms with Crippen molar-refractivity contribution in [2.75, 3.05) is 13.1 Å². The van der Waals surface area contributed by atoms with Gasteiger partial charge in [-0.05, 0) is 56.9 Å². The van der Waals surface area contributed by atoms with Crippen molar-refractivity contribution in [3.8, 4) is 5.95 Å². The number of aryl methyl sites for hydroxylation is 1. The van der Waals surface area contributed by atoms with Gasteiger partial charge in [0.25, 0.3) is 5.95 Å². The zero-order chi connectivity index (χ0) is 18.1. The topological polar surface area (TPSA) is 76.8 Å². The van der Waals surface area contributed by atoms with Crippen molar-refractivity contribution in [2.45, 2.75) is 46.0 Å². The van der Waals surface area contributed by atoms with E-state index in [1.54, 1.807) is 10.9 Å². The number of carbonyl (C=O) groups is 1. The molecule has 0 radical (unpaired) electrons. The standard InChI is InChI=1S/C19H26N6O/c1-13-9-16(10-13)18(26)24-7-4-15(5-8-24)11-17-12-25(23-22-17)19-20-6-3-14(2)21-19/h3,6,12-13,15-16H,4-5,7-11H2,1-2H3. The van der Waals surface area contributed by atoms with Crippen LogP contribution in [0, 0.1) is 24.7 Å². The molecule has 1 aliphatic carbocycles. The lowest BCUT2D eigenvalue weighted by Gasteiger charge is -2.39. The minimum absolute atomic E-state index is 0.288. The first-order valence-electron chi connectivity index (χ1n) is 9.58. The van der Waals surface area contributed by atoms with Crippen LogP contribution in [0.2, 0.25) is 0 Å². The summed E-state index contributed by atoms with van der Waals surface area (Å²) in [4.78, 5) is 23.2. The van der Waals surface area contributed by atoms with Crippen molar-refractivity contribution in [1.29, 1.82) is 0 Å². The highest BCUT2D eigenvalue weighted by Crippen LogP contribution is 2.35. The van der Waals surface area contributed by atoms with E-state index in [4.69, 9.17) is 0 Å². The summed E-state index contributed by atoms with van der Waals surface area (Å²) >= 11 is 0. The van der Waals surface area contributed by atoms with Gasteiger partial charge in [-0.2, -0.15) is 4.68 Å². The van der Waals surface area contributed by atoms with Crippen LogP contribution >= 0.6 is 0 Å². The Hall–Kier alpha value is -2.31. The molecule has 2 aromatic rings. The summed E-state index contributed by atoms with van der Waals surface area (Å²) in [6, 6.07) is 1.86. The lowest BCUT2D eigenvalue weighted by atomic mass is 9.75. The van der Waals surface area contributed by atoms with Gasteiger partial charge in [0.1, 0.15) is 0 Å². The van der Waals surface area contributed by atoms with Gasteiger partial charge in [0.2, 0.25) is 5.91 Å². The van der Waals surface area contributed by atoms with Crippen molar-refractivity contribution in [1.82, 2.24) is 29.9 Å². The summed E-state index contributed by atoms with van der Waals surface area (Å²) in [6.45, 7) is 5.92. The van der Waals surface area contributed by atoms with Crippen molar-refractivity contribution >= 4 is 5.91 Å². The van der Waals surface area contributed by atoms with E-state index >= 15 is 0 Å². The van der Waals surface area contributed by atoms with E-state index in [1.807, 2.05) is 19.2 Å². The van der Waals surface area contributed by atoms with Crippen molar-refractivity contribution < 1.29 is 4.79 Å². The predicted molar refractivity (Wildman–Crippen MR) is 96.6 cm³/mol. The van der Waals surface area contributed by atoms with Crippen LogP contribution in [-0.4, -0.2) is 48.9 Å². The average Bonchev–Trinajstić information content (AvgIpc) is 3.08. The van der Waals surface area contributed by atoms with Crippen LogP contribution in [0.3, 0.4) is 0 Å². The third-order valence-corrected chi connectivity index (χ3v) is 5.67. The van der Waals surface area contributed by atoms with Gasteiger partial charge in [-0.1, -0.05) is 12.1 Å². The van der Waals surface area contributed by atoms with Crippen molar-refractivity contribution in [3.05, 3.63) is 29.8 Å². The molecule has 2 aromatic heterocycles. The molecule has 0 N–H and O–H groups in total. The normalized spacial score (nSPS) is 23.7. The lowest BCUT2D eigenvalue weighted by molar-refractivity contribution is -0.141. The Labute approximate surface area is 153 Å². The lowest BCUT2D eigenvalue weighted by Crippen LogP contribution is -2.45. The van der Waals surface area contributed by atoms with Crippen LogP contribution in [0.15, 0.2) is 18.5 Å². The molecule has 0 unspecified atom stereocenters. The largest absolute Gasteiger partial charge is 0.342 e. The summed E-state index contributed by atoms with van der Waals surface area (Å²) in [5, 5.41) is 8.44. The SMILES string of the molecule is Cc1ccnc(-n2cc(CC3CCN(C(=O)C4CC(C)C4)CC3)nn2)n1. The molecule has 26 heavy (non-hydrogen) atoms. The minimum atomic E-state index is 0.288. The van der Waals surface area contributed by atoms with Gasteiger partial charge in [0.15, 0.2) is 0 Å². The molecule has 0 bridgehead atoms. The molecule has 7 heteroatoms. The molecule has 4 rings (SSSR count). The molecule has 1 saturated heterocycles. The Morgan fingerprint density at radius 3 is 2.73 bits per heavy atom. The molecular formula is C19H26N6O. The van der Waals surface area contributed by atoms with E-state index in [-0.39, 0.29) is 5.92 Å². The van der Waals surface area contributed by atoms with Crippen LogP contribution < -0.4 is 0 Å². The fourth-order valence-corrected chi connectivity index (χ4v) is 4.05. The second-order valence-electron chi connectivity index (χ2n) is 7.90.